The molecule has 1 fully saturated rings. The minimum absolute atomic E-state index is 0.203. The molecule has 2 N–H and O–H groups in total. The van der Waals surface area contributed by atoms with Crippen LogP contribution in [0.1, 0.15) is 18.4 Å². The van der Waals surface area contributed by atoms with E-state index in [1.807, 2.05) is 18.2 Å². The largest absolute Gasteiger partial charge is 0.381 e. The predicted octanol–water partition coefficient (Wildman–Crippen LogP) is 2.53. The third-order valence-electron chi connectivity index (χ3n) is 3.99. The molecule has 0 aliphatic carbocycles. The SMILES string of the molecule is CN(Cc1ccccc1Cl)CC1(CN)CCOCC1. The molecule has 0 aromatic heterocycles. The number of ether oxygens (including phenoxy) is 1. The summed E-state index contributed by atoms with van der Waals surface area (Å²) in [6, 6.07) is 8.02. The Kier molecular flexibility index (Phi) is 5.22. The Balaban J connectivity index is 1.96. The number of hydrogen-bond acceptors (Lipinski definition) is 3. The lowest BCUT2D eigenvalue weighted by Gasteiger charge is -2.39. The lowest BCUT2D eigenvalue weighted by Crippen LogP contribution is -2.44. The third-order valence-corrected chi connectivity index (χ3v) is 4.36. The first kappa shape index (κ1) is 14.8. The molecule has 4 heteroatoms. The zero-order chi connectivity index (χ0) is 13.7. The van der Waals surface area contributed by atoms with Crippen molar-refractivity contribution in [1.82, 2.24) is 4.90 Å². The average Bonchev–Trinajstić information content (AvgIpc) is 2.42. The van der Waals surface area contributed by atoms with Crippen LogP contribution >= 0.6 is 11.6 Å². The minimum atomic E-state index is 0.203. The summed E-state index contributed by atoms with van der Waals surface area (Å²) in [6.45, 7) is 4.25. The molecular formula is C15H23ClN2O. The third kappa shape index (κ3) is 3.93. The highest BCUT2D eigenvalue weighted by Gasteiger charge is 2.32. The van der Waals surface area contributed by atoms with Crippen molar-refractivity contribution in [2.75, 3.05) is 33.4 Å². The van der Waals surface area contributed by atoms with E-state index >= 15 is 0 Å². The van der Waals surface area contributed by atoms with Gasteiger partial charge < -0.3 is 15.4 Å². The smallest absolute Gasteiger partial charge is 0.0472 e. The Morgan fingerprint density at radius 1 is 1.32 bits per heavy atom. The molecule has 1 aliphatic heterocycles. The van der Waals surface area contributed by atoms with Crippen molar-refractivity contribution in [2.24, 2.45) is 11.1 Å². The van der Waals surface area contributed by atoms with E-state index in [9.17, 15) is 0 Å². The van der Waals surface area contributed by atoms with Crippen LogP contribution in [0.15, 0.2) is 24.3 Å². The van der Waals surface area contributed by atoms with E-state index in [0.717, 1.165) is 50.7 Å². The van der Waals surface area contributed by atoms with E-state index in [1.54, 1.807) is 0 Å². The number of benzene rings is 1. The Hall–Kier alpha value is -0.610. The molecular weight excluding hydrogens is 260 g/mol. The van der Waals surface area contributed by atoms with Gasteiger partial charge in [-0.25, -0.2) is 0 Å². The molecule has 0 spiro atoms. The fourth-order valence-electron chi connectivity index (χ4n) is 2.78. The number of hydrogen-bond donors (Lipinski definition) is 1. The number of nitrogens with two attached hydrogens (primary N) is 1. The zero-order valence-electron chi connectivity index (χ0n) is 11.6. The molecule has 0 bridgehead atoms. The molecule has 1 saturated heterocycles. The second-order valence-corrected chi connectivity index (χ2v) is 5.99. The molecule has 19 heavy (non-hydrogen) atoms. The van der Waals surface area contributed by atoms with E-state index in [2.05, 4.69) is 18.0 Å². The van der Waals surface area contributed by atoms with Crippen LogP contribution in [-0.4, -0.2) is 38.3 Å². The normalized spacial score (nSPS) is 18.7. The molecule has 1 aromatic rings. The predicted molar refractivity (Wildman–Crippen MR) is 79.3 cm³/mol. The van der Waals surface area contributed by atoms with Gasteiger partial charge in [0.2, 0.25) is 0 Å². The van der Waals surface area contributed by atoms with Gasteiger partial charge in [-0.1, -0.05) is 29.8 Å². The average molecular weight is 283 g/mol. The van der Waals surface area contributed by atoms with Crippen LogP contribution in [0.25, 0.3) is 0 Å². The molecule has 1 heterocycles. The van der Waals surface area contributed by atoms with Crippen molar-refractivity contribution in [3.05, 3.63) is 34.9 Å². The molecule has 3 nitrogen and oxygen atoms in total. The standard InChI is InChI=1S/C15H23ClN2O/c1-18(10-13-4-2-3-5-14(13)16)12-15(11-17)6-8-19-9-7-15/h2-5H,6-12,17H2,1H3. The zero-order valence-corrected chi connectivity index (χ0v) is 12.3. The van der Waals surface area contributed by atoms with Crippen LogP contribution in [0.4, 0.5) is 0 Å². The van der Waals surface area contributed by atoms with Gasteiger partial charge in [-0.15, -0.1) is 0 Å². The van der Waals surface area contributed by atoms with Crippen molar-refractivity contribution >= 4 is 11.6 Å². The van der Waals surface area contributed by atoms with E-state index in [1.165, 1.54) is 5.56 Å². The summed E-state index contributed by atoms with van der Waals surface area (Å²) >= 11 is 6.21. The summed E-state index contributed by atoms with van der Waals surface area (Å²) in [5.74, 6) is 0. The fraction of sp³-hybridized carbons (Fsp3) is 0.600. The van der Waals surface area contributed by atoms with Crippen LogP contribution in [0, 0.1) is 5.41 Å². The number of halogens is 1. The fourth-order valence-corrected chi connectivity index (χ4v) is 2.97. The number of rotatable bonds is 5. The van der Waals surface area contributed by atoms with Crippen LogP contribution in [0.2, 0.25) is 5.02 Å². The van der Waals surface area contributed by atoms with E-state index < -0.39 is 0 Å². The molecule has 0 radical (unpaired) electrons. The molecule has 2 rings (SSSR count). The molecule has 0 saturated carbocycles. The van der Waals surface area contributed by atoms with Crippen LogP contribution < -0.4 is 5.73 Å². The van der Waals surface area contributed by atoms with Crippen molar-refractivity contribution in [3.8, 4) is 0 Å². The quantitative estimate of drug-likeness (QED) is 0.902. The van der Waals surface area contributed by atoms with Gasteiger partial charge in [0.1, 0.15) is 0 Å². The van der Waals surface area contributed by atoms with Gasteiger partial charge in [0.25, 0.3) is 0 Å². The summed E-state index contributed by atoms with van der Waals surface area (Å²) in [7, 11) is 2.14. The minimum Gasteiger partial charge on any atom is -0.381 e. The Morgan fingerprint density at radius 3 is 2.63 bits per heavy atom. The van der Waals surface area contributed by atoms with Gasteiger partial charge in [-0.3, -0.25) is 0 Å². The van der Waals surface area contributed by atoms with Crippen molar-refractivity contribution in [3.63, 3.8) is 0 Å². The summed E-state index contributed by atoms with van der Waals surface area (Å²) in [5.41, 5.74) is 7.38. The Labute approximate surface area is 120 Å². The lowest BCUT2D eigenvalue weighted by atomic mass is 9.80. The van der Waals surface area contributed by atoms with Crippen molar-refractivity contribution in [2.45, 2.75) is 19.4 Å². The van der Waals surface area contributed by atoms with Gasteiger partial charge in [-0.05, 0) is 43.5 Å². The summed E-state index contributed by atoms with van der Waals surface area (Å²) in [4.78, 5) is 2.32. The monoisotopic (exact) mass is 282 g/mol. The van der Waals surface area contributed by atoms with Crippen LogP contribution in [-0.2, 0) is 11.3 Å². The Bertz CT molecular complexity index is 405. The first-order valence-corrected chi connectivity index (χ1v) is 7.23. The number of nitrogens with zero attached hydrogens (tertiary/aromatic N) is 1. The van der Waals surface area contributed by atoms with Crippen LogP contribution in [0.3, 0.4) is 0 Å². The topological polar surface area (TPSA) is 38.5 Å². The van der Waals surface area contributed by atoms with Crippen molar-refractivity contribution in [1.29, 1.82) is 0 Å². The molecule has 0 atom stereocenters. The van der Waals surface area contributed by atoms with E-state index in [-0.39, 0.29) is 5.41 Å². The van der Waals surface area contributed by atoms with Gasteiger partial charge in [0, 0.05) is 31.3 Å². The highest BCUT2D eigenvalue weighted by atomic mass is 35.5. The van der Waals surface area contributed by atoms with Gasteiger partial charge >= 0.3 is 0 Å². The molecule has 0 unspecified atom stereocenters. The summed E-state index contributed by atoms with van der Waals surface area (Å²) in [6.07, 6.45) is 2.10. The highest BCUT2D eigenvalue weighted by Crippen LogP contribution is 2.30. The van der Waals surface area contributed by atoms with Gasteiger partial charge in [0.05, 0.1) is 0 Å². The molecule has 106 valence electrons. The highest BCUT2D eigenvalue weighted by molar-refractivity contribution is 6.31. The Morgan fingerprint density at radius 2 is 2.00 bits per heavy atom. The van der Waals surface area contributed by atoms with E-state index in [0.29, 0.717) is 0 Å². The van der Waals surface area contributed by atoms with Crippen molar-refractivity contribution < 1.29 is 4.74 Å². The van der Waals surface area contributed by atoms with Gasteiger partial charge in [-0.2, -0.15) is 0 Å². The van der Waals surface area contributed by atoms with Gasteiger partial charge in [0.15, 0.2) is 0 Å². The maximum atomic E-state index is 6.21. The molecule has 1 aliphatic rings. The first-order chi connectivity index (χ1) is 9.15. The second-order valence-electron chi connectivity index (χ2n) is 5.58. The summed E-state index contributed by atoms with van der Waals surface area (Å²) < 4.78 is 5.45. The molecule has 0 amide bonds. The molecule has 1 aromatic carbocycles. The lowest BCUT2D eigenvalue weighted by molar-refractivity contribution is 0.00268. The second kappa shape index (κ2) is 6.71. The van der Waals surface area contributed by atoms with E-state index in [4.69, 9.17) is 22.1 Å². The van der Waals surface area contributed by atoms with Crippen LogP contribution in [0.5, 0.6) is 0 Å². The maximum absolute atomic E-state index is 6.21. The summed E-state index contributed by atoms with van der Waals surface area (Å²) in [5, 5.41) is 0.836. The maximum Gasteiger partial charge on any atom is 0.0472 e. The first-order valence-electron chi connectivity index (χ1n) is 6.85.